The summed E-state index contributed by atoms with van der Waals surface area (Å²) in [5, 5.41) is 6.64. The Morgan fingerprint density at radius 1 is 1.40 bits per heavy atom. The van der Waals surface area contributed by atoms with Gasteiger partial charge in [-0.15, -0.1) is 11.3 Å². The van der Waals surface area contributed by atoms with E-state index in [0.717, 1.165) is 17.0 Å². The highest BCUT2D eigenvalue weighted by molar-refractivity contribution is 7.92. The molecule has 20 heavy (non-hydrogen) atoms. The van der Waals surface area contributed by atoms with Crippen LogP contribution in [0.3, 0.4) is 0 Å². The van der Waals surface area contributed by atoms with Crippen LogP contribution in [0.2, 0.25) is 5.02 Å². The van der Waals surface area contributed by atoms with E-state index in [4.69, 9.17) is 11.6 Å². The third kappa shape index (κ3) is 4.36. The lowest BCUT2D eigenvalue weighted by Crippen LogP contribution is -2.10. The number of thiazole rings is 1. The van der Waals surface area contributed by atoms with Crippen molar-refractivity contribution in [3.8, 4) is 0 Å². The van der Waals surface area contributed by atoms with Gasteiger partial charge in [-0.25, -0.2) is 13.4 Å². The van der Waals surface area contributed by atoms with Crippen LogP contribution in [-0.2, 0) is 16.6 Å². The highest BCUT2D eigenvalue weighted by Gasteiger charge is 2.06. The number of aryl methyl sites for hydroxylation is 1. The molecule has 0 spiro atoms. The second-order valence-corrected chi connectivity index (χ2v) is 7.50. The summed E-state index contributed by atoms with van der Waals surface area (Å²) in [4.78, 5) is 4.34. The molecule has 0 bridgehead atoms. The van der Waals surface area contributed by atoms with E-state index in [9.17, 15) is 8.42 Å². The highest BCUT2D eigenvalue weighted by atomic mass is 35.5. The predicted octanol–water partition coefficient (Wildman–Crippen LogP) is 3.09. The van der Waals surface area contributed by atoms with E-state index in [0.29, 0.717) is 22.9 Å². The zero-order chi connectivity index (χ0) is 14.8. The van der Waals surface area contributed by atoms with E-state index in [-0.39, 0.29) is 0 Å². The molecule has 8 heteroatoms. The minimum absolute atomic E-state index is 0.467. The molecule has 5 nitrogen and oxygen atoms in total. The van der Waals surface area contributed by atoms with Gasteiger partial charge in [0.1, 0.15) is 0 Å². The SMILES string of the molecule is Cc1nc(CNc2cc(NS(C)(=O)=O)ccc2Cl)cs1. The smallest absolute Gasteiger partial charge is 0.229 e. The van der Waals surface area contributed by atoms with Crippen molar-refractivity contribution < 1.29 is 8.42 Å². The number of benzene rings is 1. The molecule has 0 saturated carbocycles. The Morgan fingerprint density at radius 3 is 2.75 bits per heavy atom. The molecule has 0 aliphatic heterocycles. The number of anilines is 2. The molecule has 0 radical (unpaired) electrons. The lowest BCUT2D eigenvalue weighted by atomic mass is 10.3. The molecule has 0 aliphatic carbocycles. The van der Waals surface area contributed by atoms with E-state index in [1.807, 2.05) is 12.3 Å². The minimum atomic E-state index is -3.30. The summed E-state index contributed by atoms with van der Waals surface area (Å²) in [6.07, 6.45) is 1.10. The molecule has 1 aromatic heterocycles. The van der Waals surface area contributed by atoms with Gasteiger partial charge >= 0.3 is 0 Å². The van der Waals surface area contributed by atoms with Gasteiger partial charge in [-0.3, -0.25) is 4.72 Å². The molecule has 0 atom stereocenters. The van der Waals surface area contributed by atoms with Gasteiger partial charge in [-0.05, 0) is 25.1 Å². The summed E-state index contributed by atoms with van der Waals surface area (Å²) in [6, 6.07) is 4.91. The molecule has 0 aliphatic rings. The number of hydrogen-bond donors (Lipinski definition) is 2. The largest absolute Gasteiger partial charge is 0.378 e. The summed E-state index contributed by atoms with van der Waals surface area (Å²) < 4.78 is 24.8. The molecule has 1 heterocycles. The van der Waals surface area contributed by atoms with Crippen molar-refractivity contribution >= 4 is 44.3 Å². The normalized spacial score (nSPS) is 11.3. The number of rotatable bonds is 5. The first-order chi connectivity index (χ1) is 9.33. The van der Waals surface area contributed by atoms with Crippen molar-refractivity contribution in [2.75, 3.05) is 16.3 Å². The number of aromatic nitrogens is 1. The molecular formula is C12H14ClN3O2S2. The second-order valence-electron chi connectivity index (χ2n) is 4.28. The Hall–Kier alpha value is -1.31. The number of hydrogen-bond acceptors (Lipinski definition) is 5. The molecule has 0 fully saturated rings. The van der Waals surface area contributed by atoms with Crippen LogP contribution in [0.5, 0.6) is 0 Å². The van der Waals surface area contributed by atoms with Crippen molar-refractivity contribution in [3.63, 3.8) is 0 Å². The van der Waals surface area contributed by atoms with Crippen LogP contribution in [0, 0.1) is 6.92 Å². The van der Waals surface area contributed by atoms with Gasteiger partial charge in [0.05, 0.1) is 39.9 Å². The van der Waals surface area contributed by atoms with E-state index in [1.54, 1.807) is 29.5 Å². The number of nitrogens with one attached hydrogen (secondary N) is 2. The Morgan fingerprint density at radius 2 is 2.15 bits per heavy atom. The quantitative estimate of drug-likeness (QED) is 0.883. The van der Waals surface area contributed by atoms with Crippen molar-refractivity contribution in [1.29, 1.82) is 0 Å². The molecule has 108 valence electrons. The van der Waals surface area contributed by atoms with Crippen LogP contribution in [0.4, 0.5) is 11.4 Å². The Kier molecular flexibility index (Phi) is 4.52. The molecule has 2 aromatic rings. The van der Waals surface area contributed by atoms with E-state index < -0.39 is 10.0 Å². The van der Waals surface area contributed by atoms with Crippen LogP contribution in [-0.4, -0.2) is 19.7 Å². The van der Waals surface area contributed by atoms with Gasteiger partial charge in [0.25, 0.3) is 0 Å². The number of nitrogens with zero attached hydrogens (tertiary/aromatic N) is 1. The fraction of sp³-hybridized carbons (Fsp3) is 0.250. The number of sulfonamides is 1. The van der Waals surface area contributed by atoms with Crippen LogP contribution >= 0.6 is 22.9 Å². The maximum Gasteiger partial charge on any atom is 0.229 e. The average molecular weight is 332 g/mol. The molecule has 2 rings (SSSR count). The van der Waals surface area contributed by atoms with Crippen LogP contribution < -0.4 is 10.0 Å². The topological polar surface area (TPSA) is 71.1 Å². The fourth-order valence-electron chi connectivity index (χ4n) is 1.61. The summed E-state index contributed by atoms with van der Waals surface area (Å²) in [5.41, 5.74) is 2.05. The summed E-state index contributed by atoms with van der Waals surface area (Å²) in [5.74, 6) is 0. The Bertz CT molecular complexity index is 713. The van der Waals surface area contributed by atoms with Gasteiger partial charge in [-0.2, -0.15) is 0 Å². The van der Waals surface area contributed by atoms with Gasteiger partial charge in [-0.1, -0.05) is 11.6 Å². The van der Waals surface area contributed by atoms with E-state index in [1.165, 1.54) is 0 Å². The first-order valence-electron chi connectivity index (χ1n) is 5.76. The third-order valence-electron chi connectivity index (χ3n) is 2.40. The van der Waals surface area contributed by atoms with Gasteiger partial charge < -0.3 is 5.32 Å². The monoisotopic (exact) mass is 331 g/mol. The third-order valence-corrected chi connectivity index (χ3v) is 4.15. The fourth-order valence-corrected chi connectivity index (χ4v) is 2.97. The van der Waals surface area contributed by atoms with Crippen molar-refractivity contribution in [3.05, 3.63) is 39.3 Å². The Balaban J connectivity index is 2.12. The van der Waals surface area contributed by atoms with Crippen LogP contribution in [0.1, 0.15) is 10.7 Å². The zero-order valence-electron chi connectivity index (χ0n) is 11.0. The zero-order valence-corrected chi connectivity index (χ0v) is 13.4. The van der Waals surface area contributed by atoms with E-state index >= 15 is 0 Å². The molecule has 1 aromatic carbocycles. The lowest BCUT2D eigenvalue weighted by Gasteiger charge is -2.10. The maximum absolute atomic E-state index is 11.2. The predicted molar refractivity (Wildman–Crippen MR) is 84.1 cm³/mol. The van der Waals surface area contributed by atoms with Gasteiger partial charge in [0.15, 0.2) is 0 Å². The summed E-state index contributed by atoms with van der Waals surface area (Å²) in [6.45, 7) is 2.48. The average Bonchev–Trinajstić information content (AvgIpc) is 2.74. The summed E-state index contributed by atoms with van der Waals surface area (Å²) in [7, 11) is -3.30. The van der Waals surface area contributed by atoms with Crippen molar-refractivity contribution in [2.24, 2.45) is 0 Å². The first kappa shape index (κ1) is 15.1. The molecule has 2 N–H and O–H groups in total. The molecule has 0 saturated heterocycles. The van der Waals surface area contributed by atoms with Crippen LogP contribution in [0.15, 0.2) is 23.6 Å². The first-order valence-corrected chi connectivity index (χ1v) is 8.90. The minimum Gasteiger partial charge on any atom is -0.378 e. The maximum atomic E-state index is 11.2. The number of halogens is 1. The lowest BCUT2D eigenvalue weighted by molar-refractivity contribution is 0.607. The standard InChI is InChI=1S/C12H14ClN3O2S2/c1-8-15-10(7-19-8)6-14-12-5-9(3-4-11(12)13)16-20(2,17)18/h3-5,7,14,16H,6H2,1-2H3. The summed E-state index contributed by atoms with van der Waals surface area (Å²) >= 11 is 7.66. The molecular weight excluding hydrogens is 318 g/mol. The van der Waals surface area contributed by atoms with Crippen LogP contribution in [0.25, 0.3) is 0 Å². The highest BCUT2D eigenvalue weighted by Crippen LogP contribution is 2.26. The van der Waals surface area contributed by atoms with Gasteiger partial charge in [0.2, 0.25) is 10.0 Å². The van der Waals surface area contributed by atoms with E-state index in [2.05, 4.69) is 15.0 Å². The Labute approximate surface area is 127 Å². The molecule has 0 amide bonds. The van der Waals surface area contributed by atoms with Crippen molar-refractivity contribution in [2.45, 2.75) is 13.5 Å². The molecule has 0 unspecified atom stereocenters. The second kappa shape index (κ2) is 5.99. The van der Waals surface area contributed by atoms with Gasteiger partial charge in [0, 0.05) is 5.38 Å². The van der Waals surface area contributed by atoms with Crippen molar-refractivity contribution in [1.82, 2.24) is 4.98 Å².